The Balaban J connectivity index is 0.000000149. The summed E-state index contributed by atoms with van der Waals surface area (Å²) in [7, 11) is 1.77. The van der Waals surface area contributed by atoms with E-state index in [-0.39, 0.29) is 0 Å². The Labute approximate surface area is 188 Å². The second kappa shape index (κ2) is 9.10. The Morgan fingerprint density at radius 1 is 1.06 bits per heavy atom. The zero-order valence-electron chi connectivity index (χ0n) is 20.2. The van der Waals surface area contributed by atoms with E-state index in [0.717, 1.165) is 42.8 Å². The van der Waals surface area contributed by atoms with Crippen molar-refractivity contribution < 1.29 is 9.47 Å². The van der Waals surface area contributed by atoms with Crippen LogP contribution in [0.5, 0.6) is 11.5 Å². The number of fused-ring (bicyclic) bond motifs is 4. The zero-order chi connectivity index (χ0) is 22.1. The van der Waals surface area contributed by atoms with Gasteiger partial charge in [0.25, 0.3) is 0 Å². The summed E-state index contributed by atoms with van der Waals surface area (Å²) in [6, 6.07) is 8.79. The van der Waals surface area contributed by atoms with Crippen LogP contribution < -0.4 is 9.47 Å². The lowest BCUT2D eigenvalue weighted by atomic mass is 9.90. The lowest BCUT2D eigenvalue weighted by Gasteiger charge is -2.22. The van der Waals surface area contributed by atoms with Gasteiger partial charge in [0.2, 0.25) is 0 Å². The van der Waals surface area contributed by atoms with Crippen LogP contribution in [0.2, 0.25) is 0 Å². The van der Waals surface area contributed by atoms with Crippen molar-refractivity contribution in [3.63, 3.8) is 0 Å². The molecular formula is C29H38O2. The van der Waals surface area contributed by atoms with Crippen molar-refractivity contribution in [1.82, 2.24) is 0 Å². The second-order valence-electron chi connectivity index (χ2n) is 9.65. The zero-order valence-corrected chi connectivity index (χ0v) is 20.2. The van der Waals surface area contributed by atoms with E-state index in [1.807, 2.05) is 0 Å². The monoisotopic (exact) mass is 418 g/mol. The maximum Gasteiger partial charge on any atom is 0.122 e. The third kappa shape index (κ3) is 4.02. The summed E-state index contributed by atoms with van der Waals surface area (Å²) in [4.78, 5) is 0. The Hall–Kier alpha value is -2.22. The number of allylic oxidation sites excluding steroid dienone is 2. The first-order valence-corrected chi connectivity index (χ1v) is 12.1. The number of ether oxygens (including phenoxy) is 2. The average molecular weight is 419 g/mol. The van der Waals surface area contributed by atoms with Gasteiger partial charge >= 0.3 is 0 Å². The van der Waals surface area contributed by atoms with E-state index in [9.17, 15) is 0 Å². The molecule has 0 fully saturated rings. The molecule has 2 aromatic rings. The number of benzene rings is 2. The fourth-order valence-electron chi connectivity index (χ4n) is 5.68. The molecule has 2 unspecified atom stereocenters. The average Bonchev–Trinajstić information content (AvgIpc) is 3.24. The third-order valence-electron chi connectivity index (χ3n) is 7.63. The van der Waals surface area contributed by atoms with Crippen molar-refractivity contribution in [2.45, 2.75) is 79.1 Å². The van der Waals surface area contributed by atoms with Crippen LogP contribution in [0.4, 0.5) is 0 Å². The highest BCUT2D eigenvalue weighted by Crippen LogP contribution is 2.44. The van der Waals surface area contributed by atoms with Crippen LogP contribution in [0, 0.1) is 5.92 Å². The first-order valence-electron chi connectivity index (χ1n) is 12.1. The van der Waals surface area contributed by atoms with Crippen molar-refractivity contribution in [2.24, 2.45) is 5.92 Å². The van der Waals surface area contributed by atoms with Gasteiger partial charge in [0.1, 0.15) is 11.5 Å². The second-order valence-corrected chi connectivity index (χ2v) is 9.65. The molecule has 1 aliphatic heterocycles. The summed E-state index contributed by atoms with van der Waals surface area (Å²) >= 11 is 0. The van der Waals surface area contributed by atoms with E-state index < -0.39 is 0 Å². The lowest BCUT2D eigenvalue weighted by molar-refractivity contribution is 0.287. The number of hydrogen-bond acceptors (Lipinski definition) is 2. The molecule has 1 heterocycles. The molecule has 166 valence electrons. The van der Waals surface area contributed by atoms with Crippen molar-refractivity contribution in [1.29, 1.82) is 0 Å². The van der Waals surface area contributed by atoms with Crippen LogP contribution in [0.25, 0.3) is 5.57 Å². The number of methoxy groups -OCH3 is 1. The predicted molar refractivity (Wildman–Crippen MR) is 131 cm³/mol. The molecular weight excluding hydrogens is 380 g/mol. The topological polar surface area (TPSA) is 18.5 Å². The Morgan fingerprint density at radius 2 is 1.84 bits per heavy atom. The van der Waals surface area contributed by atoms with Crippen LogP contribution in [0.1, 0.15) is 86.8 Å². The van der Waals surface area contributed by atoms with E-state index in [2.05, 4.69) is 58.9 Å². The smallest absolute Gasteiger partial charge is 0.122 e. The van der Waals surface area contributed by atoms with E-state index in [1.165, 1.54) is 59.1 Å². The third-order valence-corrected chi connectivity index (χ3v) is 7.63. The number of hydrogen-bond donors (Lipinski definition) is 0. The van der Waals surface area contributed by atoms with Gasteiger partial charge in [0.15, 0.2) is 0 Å². The lowest BCUT2D eigenvalue weighted by Crippen LogP contribution is -2.11. The van der Waals surface area contributed by atoms with Gasteiger partial charge in [-0.2, -0.15) is 0 Å². The minimum Gasteiger partial charge on any atom is -0.496 e. The normalized spacial score (nSPS) is 21.0. The highest BCUT2D eigenvalue weighted by atomic mass is 16.5. The minimum atomic E-state index is 0.719. The van der Waals surface area contributed by atoms with Gasteiger partial charge in [-0.25, -0.2) is 0 Å². The van der Waals surface area contributed by atoms with Crippen LogP contribution in [0.15, 0.2) is 29.8 Å². The highest BCUT2D eigenvalue weighted by molar-refractivity contribution is 5.78. The summed E-state index contributed by atoms with van der Waals surface area (Å²) < 4.78 is 11.2. The number of rotatable bonds is 3. The molecule has 0 amide bonds. The SMILES string of the molecule is CC1Cc2ccc3c(c2C1C)CCCO3.CCCc1c(OC)ccc2c1C(C)=C(C)C2. The summed E-state index contributed by atoms with van der Waals surface area (Å²) in [6.07, 6.45) is 7.04. The molecule has 0 bridgehead atoms. The molecule has 0 saturated heterocycles. The van der Waals surface area contributed by atoms with Gasteiger partial charge < -0.3 is 9.47 Å². The van der Waals surface area contributed by atoms with Gasteiger partial charge in [-0.05, 0) is 103 Å². The maximum atomic E-state index is 5.73. The Bertz CT molecular complexity index is 998. The van der Waals surface area contributed by atoms with Crippen LogP contribution >= 0.6 is 0 Å². The molecule has 0 saturated carbocycles. The molecule has 0 aromatic heterocycles. The Morgan fingerprint density at radius 3 is 2.58 bits per heavy atom. The van der Waals surface area contributed by atoms with Crippen LogP contribution in [0.3, 0.4) is 0 Å². The first-order chi connectivity index (χ1) is 15.0. The van der Waals surface area contributed by atoms with E-state index in [0.29, 0.717) is 0 Å². The molecule has 0 radical (unpaired) electrons. The minimum absolute atomic E-state index is 0.719. The Kier molecular flexibility index (Phi) is 6.46. The van der Waals surface area contributed by atoms with E-state index in [4.69, 9.17) is 9.47 Å². The van der Waals surface area contributed by atoms with Gasteiger partial charge in [-0.1, -0.05) is 44.9 Å². The summed E-state index contributed by atoms with van der Waals surface area (Å²) in [5, 5.41) is 0. The van der Waals surface area contributed by atoms with Crippen LogP contribution in [-0.2, 0) is 25.7 Å². The van der Waals surface area contributed by atoms with Gasteiger partial charge in [0, 0.05) is 5.56 Å². The first kappa shape index (κ1) is 22.0. The predicted octanol–water partition coefficient (Wildman–Crippen LogP) is 7.30. The molecule has 2 aromatic carbocycles. The molecule has 3 aliphatic rings. The summed E-state index contributed by atoms with van der Waals surface area (Å²) in [5.41, 5.74) is 12.0. The van der Waals surface area contributed by atoms with Gasteiger partial charge in [-0.15, -0.1) is 0 Å². The molecule has 5 rings (SSSR count). The molecule has 2 nitrogen and oxygen atoms in total. The highest BCUT2D eigenvalue weighted by Gasteiger charge is 2.30. The molecule has 0 spiro atoms. The molecule has 2 atom stereocenters. The van der Waals surface area contributed by atoms with Crippen molar-refractivity contribution in [3.05, 3.63) is 63.2 Å². The summed E-state index contributed by atoms with van der Waals surface area (Å²) in [6.45, 7) is 12.3. The van der Waals surface area contributed by atoms with E-state index in [1.54, 1.807) is 18.2 Å². The standard InChI is InChI=1S/C15H20O.C14H18O/c1-5-6-13-14(16-4)8-7-12-9-10(2)11(3)15(12)13;1-9-8-11-5-6-13-12(4-3-7-15-13)14(11)10(9)2/h7-8H,5-6,9H2,1-4H3;5-6,9-10H,3-4,7-8H2,1-2H3. The maximum absolute atomic E-state index is 5.73. The molecule has 0 N–H and O–H groups in total. The quantitative estimate of drug-likeness (QED) is 0.520. The molecule has 2 aliphatic carbocycles. The van der Waals surface area contributed by atoms with E-state index >= 15 is 0 Å². The molecule has 2 heteroatoms. The van der Waals surface area contributed by atoms with Crippen molar-refractivity contribution >= 4 is 5.57 Å². The summed E-state index contributed by atoms with van der Waals surface area (Å²) in [5.74, 6) is 3.72. The van der Waals surface area contributed by atoms with Crippen molar-refractivity contribution in [3.8, 4) is 11.5 Å². The largest absolute Gasteiger partial charge is 0.496 e. The van der Waals surface area contributed by atoms with Crippen molar-refractivity contribution in [2.75, 3.05) is 13.7 Å². The van der Waals surface area contributed by atoms with Gasteiger partial charge in [-0.3, -0.25) is 0 Å². The molecule has 31 heavy (non-hydrogen) atoms. The fourth-order valence-corrected chi connectivity index (χ4v) is 5.68. The van der Waals surface area contributed by atoms with Gasteiger partial charge in [0.05, 0.1) is 13.7 Å². The fraction of sp³-hybridized carbons (Fsp3) is 0.517. The van der Waals surface area contributed by atoms with Crippen LogP contribution in [-0.4, -0.2) is 13.7 Å².